The van der Waals surface area contributed by atoms with E-state index in [1.54, 1.807) is 6.33 Å². The third-order valence-corrected chi connectivity index (χ3v) is 3.23. The maximum Gasteiger partial charge on any atom is 0.302 e. The SMILES string of the molecule is CC(=O)OC[C@H]1CC1=Cn1cnc2c(Cl)ncnc21. The van der Waals surface area contributed by atoms with E-state index >= 15 is 0 Å². The normalized spacial score (nSPS) is 19.9. The molecule has 0 unspecified atom stereocenters. The molecule has 1 aliphatic rings. The second-order valence-corrected chi connectivity index (χ2v) is 4.75. The second-order valence-electron chi connectivity index (χ2n) is 4.40. The smallest absolute Gasteiger partial charge is 0.302 e. The Hall–Kier alpha value is -1.95. The van der Waals surface area contributed by atoms with E-state index in [-0.39, 0.29) is 5.97 Å². The summed E-state index contributed by atoms with van der Waals surface area (Å²) in [5.74, 6) is 0.0533. The molecule has 0 spiro atoms. The Morgan fingerprint density at radius 2 is 2.42 bits per heavy atom. The van der Waals surface area contributed by atoms with Gasteiger partial charge >= 0.3 is 5.97 Å². The minimum atomic E-state index is -0.251. The number of fused-ring (bicyclic) bond motifs is 1. The van der Waals surface area contributed by atoms with Crippen LogP contribution in [0.4, 0.5) is 0 Å². The van der Waals surface area contributed by atoms with Gasteiger partial charge in [0.2, 0.25) is 0 Å². The number of rotatable bonds is 3. The monoisotopic (exact) mass is 278 g/mol. The van der Waals surface area contributed by atoms with Crippen LogP contribution >= 0.6 is 11.6 Å². The van der Waals surface area contributed by atoms with Crippen molar-refractivity contribution in [2.24, 2.45) is 5.92 Å². The van der Waals surface area contributed by atoms with Crippen molar-refractivity contribution in [1.29, 1.82) is 0 Å². The highest BCUT2D eigenvalue weighted by Gasteiger charge is 2.31. The first-order chi connectivity index (χ1) is 9.15. The predicted molar refractivity (Wildman–Crippen MR) is 69.3 cm³/mol. The molecule has 0 amide bonds. The molecule has 19 heavy (non-hydrogen) atoms. The highest BCUT2D eigenvalue weighted by molar-refractivity contribution is 6.33. The lowest BCUT2D eigenvalue weighted by Crippen LogP contribution is -2.01. The van der Waals surface area contributed by atoms with Crippen molar-refractivity contribution < 1.29 is 9.53 Å². The fourth-order valence-electron chi connectivity index (χ4n) is 1.86. The number of ether oxygens (including phenoxy) is 1. The van der Waals surface area contributed by atoms with Gasteiger partial charge in [0.25, 0.3) is 0 Å². The van der Waals surface area contributed by atoms with Crippen molar-refractivity contribution >= 4 is 34.9 Å². The minimum Gasteiger partial charge on any atom is -0.465 e. The van der Waals surface area contributed by atoms with Gasteiger partial charge in [-0.2, -0.15) is 0 Å². The Morgan fingerprint density at radius 1 is 1.58 bits per heavy atom. The van der Waals surface area contributed by atoms with Gasteiger partial charge in [0.05, 0.1) is 6.61 Å². The van der Waals surface area contributed by atoms with E-state index in [4.69, 9.17) is 16.3 Å². The summed E-state index contributed by atoms with van der Waals surface area (Å²) in [5.41, 5.74) is 2.46. The first-order valence-corrected chi connectivity index (χ1v) is 6.20. The van der Waals surface area contributed by atoms with E-state index in [1.807, 2.05) is 10.8 Å². The molecule has 2 aromatic rings. The molecule has 1 fully saturated rings. The highest BCUT2D eigenvalue weighted by atomic mass is 35.5. The van der Waals surface area contributed by atoms with E-state index in [2.05, 4.69) is 15.0 Å². The summed E-state index contributed by atoms with van der Waals surface area (Å²) in [4.78, 5) is 22.9. The van der Waals surface area contributed by atoms with Gasteiger partial charge < -0.3 is 4.74 Å². The molecule has 0 aliphatic heterocycles. The van der Waals surface area contributed by atoms with Gasteiger partial charge in [-0.05, 0) is 12.0 Å². The molecule has 98 valence electrons. The van der Waals surface area contributed by atoms with Crippen LogP contribution < -0.4 is 0 Å². The van der Waals surface area contributed by atoms with Crippen LogP contribution in [-0.4, -0.2) is 32.1 Å². The number of imidazole rings is 1. The molecular weight excluding hydrogens is 268 g/mol. The fourth-order valence-corrected chi connectivity index (χ4v) is 2.04. The Balaban J connectivity index is 1.80. The van der Waals surface area contributed by atoms with Crippen LogP contribution in [-0.2, 0) is 9.53 Å². The van der Waals surface area contributed by atoms with Crippen molar-refractivity contribution in [3.63, 3.8) is 0 Å². The van der Waals surface area contributed by atoms with Crippen LogP contribution in [0.3, 0.4) is 0 Å². The average Bonchev–Trinajstić information content (AvgIpc) is 2.98. The molecule has 3 rings (SSSR count). The zero-order valence-electron chi connectivity index (χ0n) is 10.2. The van der Waals surface area contributed by atoms with Crippen LogP contribution in [0.25, 0.3) is 17.4 Å². The van der Waals surface area contributed by atoms with Crippen LogP contribution in [0.1, 0.15) is 13.3 Å². The summed E-state index contributed by atoms with van der Waals surface area (Å²) >= 11 is 5.93. The van der Waals surface area contributed by atoms with Crippen molar-refractivity contribution in [3.05, 3.63) is 23.4 Å². The largest absolute Gasteiger partial charge is 0.465 e. The predicted octanol–water partition coefficient (Wildman–Crippen LogP) is 1.90. The summed E-state index contributed by atoms with van der Waals surface area (Å²) in [6, 6.07) is 0. The average molecular weight is 279 g/mol. The van der Waals surface area contributed by atoms with E-state index in [0.717, 1.165) is 6.42 Å². The van der Waals surface area contributed by atoms with Crippen molar-refractivity contribution in [2.75, 3.05) is 6.61 Å². The summed E-state index contributed by atoms with van der Waals surface area (Å²) in [5, 5.41) is 0.342. The molecule has 0 saturated heterocycles. The van der Waals surface area contributed by atoms with Crippen molar-refractivity contribution in [3.8, 4) is 0 Å². The van der Waals surface area contributed by atoms with Crippen LogP contribution in [0, 0.1) is 5.92 Å². The standard InChI is InChI=1S/C12H11ClN4O2/c1-7(18)19-4-9-2-8(9)3-17-6-16-10-11(13)14-5-15-12(10)17/h3,5-6,9H,2,4H2,1H3/t9-/m1/s1. The number of hydrogen-bond donors (Lipinski definition) is 0. The molecule has 2 aromatic heterocycles. The lowest BCUT2D eigenvalue weighted by molar-refractivity contribution is -0.141. The minimum absolute atomic E-state index is 0.251. The highest BCUT2D eigenvalue weighted by Crippen LogP contribution is 2.38. The number of aromatic nitrogens is 4. The van der Waals surface area contributed by atoms with Crippen molar-refractivity contribution in [2.45, 2.75) is 13.3 Å². The number of nitrogens with zero attached hydrogens (tertiary/aromatic N) is 4. The van der Waals surface area contributed by atoms with E-state index in [9.17, 15) is 4.79 Å². The van der Waals surface area contributed by atoms with E-state index in [1.165, 1.54) is 18.8 Å². The summed E-state index contributed by atoms with van der Waals surface area (Å²) in [6.45, 7) is 1.84. The lowest BCUT2D eigenvalue weighted by atomic mass is 10.4. The van der Waals surface area contributed by atoms with Gasteiger partial charge in [-0.3, -0.25) is 9.36 Å². The molecular formula is C12H11ClN4O2. The zero-order chi connectivity index (χ0) is 13.4. The van der Waals surface area contributed by atoms with Gasteiger partial charge in [-0.15, -0.1) is 0 Å². The number of esters is 1. The summed E-state index contributed by atoms with van der Waals surface area (Å²) in [7, 11) is 0. The molecule has 1 atom stereocenters. The molecule has 1 aliphatic carbocycles. The Kier molecular flexibility index (Phi) is 2.94. The zero-order valence-corrected chi connectivity index (χ0v) is 11.0. The first kappa shape index (κ1) is 12.1. The fraction of sp³-hybridized carbons (Fsp3) is 0.333. The third kappa shape index (κ3) is 2.44. The Labute approximate surface area is 114 Å². The van der Waals surface area contributed by atoms with Gasteiger partial charge in [0, 0.05) is 19.0 Å². The number of carbonyl (C=O) groups is 1. The van der Waals surface area contributed by atoms with Gasteiger partial charge in [-0.1, -0.05) is 11.6 Å². The second kappa shape index (κ2) is 4.62. The Morgan fingerprint density at radius 3 is 3.21 bits per heavy atom. The van der Waals surface area contributed by atoms with E-state index < -0.39 is 0 Å². The van der Waals surface area contributed by atoms with E-state index in [0.29, 0.717) is 28.8 Å². The molecule has 2 heterocycles. The Bertz CT molecular complexity index is 679. The van der Waals surface area contributed by atoms with Crippen LogP contribution in [0.5, 0.6) is 0 Å². The first-order valence-electron chi connectivity index (χ1n) is 5.82. The summed E-state index contributed by atoms with van der Waals surface area (Å²) in [6.07, 6.45) is 5.93. The lowest BCUT2D eigenvalue weighted by Gasteiger charge is -1.97. The third-order valence-electron chi connectivity index (χ3n) is 2.95. The molecule has 6 nitrogen and oxygen atoms in total. The topological polar surface area (TPSA) is 69.9 Å². The molecule has 0 bridgehead atoms. The molecule has 1 saturated carbocycles. The van der Waals surface area contributed by atoms with Crippen LogP contribution in [0.15, 0.2) is 18.2 Å². The molecule has 0 radical (unpaired) electrons. The number of hydrogen-bond acceptors (Lipinski definition) is 5. The van der Waals surface area contributed by atoms with Gasteiger partial charge in [-0.25, -0.2) is 15.0 Å². The quantitative estimate of drug-likeness (QED) is 0.633. The molecule has 0 N–H and O–H groups in total. The maximum atomic E-state index is 10.7. The maximum absolute atomic E-state index is 10.7. The van der Waals surface area contributed by atoms with Crippen LogP contribution in [0.2, 0.25) is 5.15 Å². The van der Waals surface area contributed by atoms with Gasteiger partial charge in [0.1, 0.15) is 18.2 Å². The number of carbonyl (C=O) groups excluding carboxylic acids is 1. The molecule has 7 heteroatoms. The number of halogens is 1. The molecule has 0 aromatic carbocycles. The summed E-state index contributed by atoms with van der Waals surface area (Å²) < 4.78 is 6.78. The van der Waals surface area contributed by atoms with Crippen molar-refractivity contribution in [1.82, 2.24) is 19.5 Å². The van der Waals surface area contributed by atoms with Gasteiger partial charge in [0.15, 0.2) is 10.8 Å².